The van der Waals surface area contributed by atoms with Crippen molar-refractivity contribution < 1.29 is 14.3 Å². The van der Waals surface area contributed by atoms with Gasteiger partial charge in [-0.25, -0.2) is 0 Å². The van der Waals surface area contributed by atoms with E-state index >= 15 is 0 Å². The monoisotopic (exact) mass is 414 g/mol. The molecule has 3 aromatic carbocycles. The highest BCUT2D eigenvalue weighted by atomic mass is 16.5. The number of hydrogen-bond donors (Lipinski definition) is 2. The number of carbonyl (C=O) groups is 1. The van der Waals surface area contributed by atoms with Crippen molar-refractivity contribution in [3.63, 3.8) is 0 Å². The molecule has 1 unspecified atom stereocenters. The van der Waals surface area contributed by atoms with Crippen molar-refractivity contribution in [3.05, 3.63) is 96.2 Å². The Hall–Kier alpha value is -3.57. The van der Waals surface area contributed by atoms with Gasteiger partial charge in [0.15, 0.2) is 0 Å². The molecule has 1 atom stereocenters. The second kappa shape index (κ2) is 9.96. The fourth-order valence-electron chi connectivity index (χ4n) is 3.76. The molecular weight excluding hydrogens is 388 g/mol. The summed E-state index contributed by atoms with van der Waals surface area (Å²) in [5.41, 5.74) is 3.17. The van der Waals surface area contributed by atoms with Gasteiger partial charge in [0.05, 0.1) is 6.61 Å². The maximum Gasteiger partial charge on any atom is 0.221 e. The van der Waals surface area contributed by atoms with Gasteiger partial charge in [-0.1, -0.05) is 48.5 Å². The molecule has 5 heteroatoms. The van der Waals surface area contributed by atoms with Gasteiger partial charge < -0.3 is 19.8 Å². The molecule has 1 amide bonds. The standard InChI is InChI=1S/C26H26N2O3/c1-30-15-14-27-26(29)17-23(24-18-28-25-13-6-5-12-22(24)25)19-8-7-11-21(16-19)31-20-9-3-2-4-10-20/h2-13,16,18,23,28H,14-15,17H2,1H3,(H,27,29). The molecule has 0 bridgehead atoms. The lowest BCUT2D eigenvalue weighted by Gasteiger charge is -2.18. The number of nitrogens with one attached hydrogen (secondary N) is 2. The van der Waals surface area contributed by atoms with E-state index in [1.54, 1.807) is 7.11 Å². The second-order valence-corrected chi connectivity index (χ2v) is 7.38. The molecule has 0 spiro atoms. The quantitative estimate of drug-likeness (QED) is 0.368. The number of fused-ring (bicyclic) bond motifs is 1. The predicted octanol–water partition coefficient (Wildman–Crippen LogP) is 5.24. The van der Waals surface area contributed by atoms with Crippen LogP contribution < -0.4 is 10.1 Å². The van der Waals surface area contributed by atoms with E-state index < -0.39 is 0 Å². The van der Waals surface area contributed by atoms with Gasteiger partial charge in [-0.3, -0.25) is 4.79 Å². The molecule has 5 nitrogen and oxygen atoms in total. The molecule has 0 aliphatic heterocycles. The van der Waals surface area contributed by atoms with E-state index in [-0.39, 0.29) is 11.8 Å². The number of para-hydroxylation sites is 2. The lowest BCUT2D eigenvalue weighted by atomic mass is 9.88. The number of methoxy groups -OCH3 is 1. The molecule has 0 fully saturated rings. The van der Waals surface area contributed by atoms with E-state index in [1.165, 1.54) is 0 Å². The summed E-state index contributed by atoms with van der Waals surface area (Å²) < 4.78 is 11.1. The van der Waals surface area contributed by atoms with E-state index in [2.05, 4.69) is 16.4 Å². The summed E-state index contributed by atoms with van der Waals surface area (Å²) in [6, 6.07) is 25.8. The van der Waals surface area contributed by atoms with Gasteiger partial charge in [0.25, 0.3) is 0 Å². The van der Waals surface area contributed by atoms with Crippen molar-refractivity contribution in [2.24, 2.45) is 0 Å². The largest absolute Gasteiger partial charge is 0.457 e. The van der Waals surface area contributed by atoms with Crippen LogP contribution in [0.5, 0.6) is 11.5 Å². The van der Waals surface area contributed by atoms with Crippen LogP contribution in [0, 0.1) is 0 Å². The Labute approximate surface area is 182 Å². The average molecular weight is 415 g/mol. The number of aromatic nitrogens is 1. The Morgan fingerprint density at radius 3 is 2.58 bits per heavy atom. The third-order valence-corrected chi connectivity index (χ3v) is 5.25. The van der Waals surface area contributed by atoms with Crippen molar-refractivity contribution >= 4 is 16.8 Å². The molecule has 4 rings (SSSR count). The zero-order valence-corrected chi connectivity index (χ0v) is 17.5. The lowest BCUT2D eigenvalue weighted by Crippen LogP contribution is -2.28. The molecule has 0 saturated carbocycles. The number of benzene rings is 3. The van der Waals surface area contributed by atoms with Crippen LogP contribution in [0.1, 0.15) is 23.5 Å². The minimum atomic E-state index is -0.113. The van der Waals surface area contributed by atoms with Crippen LogP contribution in [-0.2, 0) is 9.53 Å². The highest BCUT2D eigenvalue weighted by Gasteiger charge is 2.22. The Bertz CT molecular complexity index is 1140. The van der Waals surface area contributed by atoms with Crippen LogP contribution in [0.4, 0.5) is 0 Å². The SMILES string of the molecule is COCCNC(=O)CC(c1cccc(Oc2ccccc2)c1)c1c[nH]c2ccccc12. The van der Waals surface area contributed by atoms with Crippen molar-refractivity contribution in [2.75, 3.05) is 20.3 Å². The third-order valence-electron chi connectivity index (χ3n) is 5.25. The second-order valence-electron chi connectivity index (χ2n) is 7.38. The van der Waals surface area contributed by atoms with Gasteiger partial charge >= 0.3 is 0 Å². The van der Waals surface area contributed by atoms with Crippen LogP contribution in [-0.4, -0.2) is 31.2 Å². The third kappa shape index (κ3) is 5.13. The van der Waals surface area contributed by atoms with Crippen LogP contribution in [0.3, 0.4) is 0 Å². The number of ether oxygens (including phenoxy) is 2. The summed E-state index contributed by atoms with van der Waals surface area (Å²) in [7, 11) is 1.62. The van der Waals surface area contributed by atoms with Crippen LogP contribution >= 0.6 is 0 Å². The molecule has 158 valence electrons. The molecule has 4 aromatic rings. The summed E-state index contributed by atoms with van der Waals surface area (Å²) in [5.74, 6) is 1.40. The predicted molar refractivity (Wildman–Crippen MR) is 123 cm³/mol. The lowest BCUT2D eigenvalue weighted by molar-refractivity contribution is -0.121. The van der Waals surface area contributed by atoms with Gasteiger partial charge in [-0.2, -0.15) is 0 Å². The van der Waals surface area contributed by atoms with Gasteiger partial charge in [0, 0.05) is 43.1 Å². The Balaban J connectivity index is 1.65. The number of H-pyrrole nitrogens is 1. The van der Waals surface area contributed by atoms with Crippen molar-refractivity contribution in [3.8, 4) is 11.5 Å². The van der Waals surface area contributed by atoms with E-state index in [1.807, 2.05) is 79.0 Å². The molecule has 0 saturated heterocycles. The first-order chi connectivity index (χ1) is 15.2. The molecule has 2 N–H and O–H groups in total. The van der Waals surface area contributed by atoms with Crippen LogP contribution in [0.25, 0.3) is 10.9 Å². The summed E-state index contributed by atoms with van der Waals surface area (Å²) in [6.07, 6.45) is 2.34. The fraction of sp³-hybridized carbons (Fsp3) is 0.192. The molecule has 0 radical (unpaired) electrons. The number of rotatable bonds is 9. The fourth-order valence-corrected chi connectivity index (χ4v) is 3.76. The van der Waals surface area contributed by atoms with E-state index in [0.29, 0.717) is 19.6 Å². The zero-order chi connectivity index (χ0) is 21.5. The Morgan fingerprint density at radius 2 is 1.74 bits per heavy atom. The summed E-state index contributed by atoms with van der Waals surface area (Å²) >= 11 is 0. The topological polar surface area (TPSA) is 63.4 Å². The van der Waals surface area contributed by atoms with E-state index in [0.717, 1.165) is 33.5 Å². The molecule has 1 heterocycles. The molecule has 0 aliphatic rings. The minimum Gasteiger partial charge on any atom is -0.457 e. The molecular formula is C26H26N2O3. The number of carbonyl (C=O) groups excluding carboxylic acids is 1. The van der Waals surface area contributed by atoms with Gasteiger partial charge in [-0.05, 0) is 41.5 Å². The highest BCUT2D eigenvalue weighted by molar-refractivity contribution is 5.86. The van der Waals surface area contributed by atoms with Crippen LogP contribution in [0.2, 0.25) is 0 Å². The first-order valence-electron chi connectivity index (χ1n) is 10.4. The smallest absolute Gasteiger partial charge is 0.221 e. The Kier molecular flexibility index (Phi) is 6.65. The summed E-state index contributed by atoms with van der Waals surface area (Å²) in [4.78, 5) is 16.0. The maximum atomic E-state index is 12.7. The van der Waals surface area contributed by atoms with Crippen LogP contribution in [0.15, 0.2) is 85.1 Å². The number of aromatic amines is 1. The minimum absolute atomic E-state index is 0.0123. The number of amides is 1. The highest BCUT2D eigenvalue weighted by Crippen LogP contribution is 2.35. The molecule has 0 aliphatic carbocycles. The molecule has 31 heavy (non-hydrogen) atoms. The first-order valence-corrected chi connectivity index (χ1v) is 10.4. The van der Waals surface area contributed by atoms with E-state index in [4.69, 9.17) is 9.47 Å². The summed E-state index contributed by atoms with van der Waals surface area (Å²) in [5, 5.41) is 4.06. The Morgan fingerprint density at radius 1 is 0.968 bits per heavy atom. The van der Waals surface area contributed by atoms with E-state index in [9.17, 15) is 4.79 Å². The zero-order valence-electron chi connectivity index (χ0n) is 17.5. The first kappa shape index (κ1) is 20.7. The normalized spacial score (nSPS) is 11.9. The van der Waals surface area contributed by atoms with Gasteiger partial charge in [0.1, 0.15) is 11.5 Å². The number of hydrogen-bond acceptors (Lipinski definition) is 3. The van der Waals surface area contributed by atoms with Gasteiger partial charge in [-0.15, -0.1) is 0 Å². The van der Waals surface area contributed by atoms with Crippen molar-refractivity contribution in [1.29, 1.82) is 0 Å². The van der Waals surface area contributed by atoms with Crippen molar-refractivity contribution in [2.45, 2.75) is 12.3 Å². The molecule has 1 aromatic heterocycles. The maximum absolute atomic E-state index is 12.7. The average Bonchev–Trinajstić information content (AvgIpc) is 3.22. The van der Waals surface area contributed by atoms with Gasteiger partial charge in [0.2, 0.25) is 5.91 Å². The van der Waals surface area contributed by atoms with Crippen molar-refractivity contribution in [1.82, 2.24) is 10.3 Å². The summed E-state index contributed by atoms with van der Waals surface area (Å²) in [6.45, 7) is 0.983.